The molecule has 1 aliphatic rings. The number of ether oxygens (including phenoxy) is 1. The van der Waals surface area contributed by atoms with E-state index in [1.54, 1.807) is 6.07 Å². The van der Waals surface area contributed by atoms with Crippen LogP contribution in [0.25, 0.3) is 0 Å². The Bertz CT molecular complexity index is 425. The van der Waals surface area contributed by atoms with Crippen molar-refractivity contribution in [3.05, 3.63) is 17.5 Å². The summed E-state index contributed by atoms with van der Waals surface area (Å²) in [5, 5.41) is 6.80. The Morgan fingerprint density at radius 2 is 2.35 bits per heavy atom. The molecule has 1 atom stereocenters. The van der Waals surface area contributed by atoms with Crippen molar-refractivity contribution in [3.63, 3.8) is 0 Å². The van der Waals surface area contributed by atoms with Crippen LogP contribution in [0.1, 0.15) is 37.0 Å². The summed E-state index contributed by atoms with van der Waals surface area (Å²) < 4.78 is 5.77. The molecule has 0 aliphatic carbocycles. The lowest BCUT2D eigenvalue weighted by atomic mass is 10.1. The molecule has 0 unspecified atom stereocenters. The van der Waals surface area contributed by atoms with E-state index < -0.39 is 0 Å². The fourth-order valence-corrected chi connectivity index (χ4v) is 2.30. The van der Waals surface area contributed by atoms with Crippen LogP contribution in [0.3, 0.4) is 0 Å². The molecule has 1 N–H and O–H groups in total. The van der Waals surface area contributed by atoms with E-state index >= 15 is 0 Å². The highest BCUT2D eigenvalue weighted by atomic mass is 16.5. The summed E-state index contributed by atoms with van der Waals surface area (Å²) in [5.74, 6) is -0.0300. The second-order valence-electron chi connectivity index (χ2n) is 5.31. The summed E-state index contributed by atoms with van der Waals surface area (Å²) in [6.07, 6.45) is 0.0581. The quantitative estimate of drug-likeness (QED) is 0.802. The average Bonchev–Trinajstić information content (AvgIpc) is 2.60. The molecule has 5 heteroatoms. The number of aryl methyl sites for hydroxylation is 1. The molecule has 1 aromatic heterocycles. The molecule has 0 bridgehead atoms. The van der Waals surface area contributed by atoms with Crippen molar-refractivity contribution in [2.45, 2.75) is 39.4 Å². The summed E-state index contributed by atoms with van der Waals surface area (Å²) in [4.78, 5) is 14.0. The van der Waals surface area contributed by atoms with Crippen LogP contribution in [0.15, 0.2) is 6.07 Å². The van der Waals surface area contributed by atoms with E-state index in [2.05, 4.69) is 10.2 Å². The lowest BCUT2D eigenvalue weighted by molar-refractivity contribution is -0.118. The molecule has 1 aliphatic heterocycles. The van der Waals surface area contributed by atoms with Gasteiger partial charge in [0.15, 0.2) is 0 Å². The summed E-state index contributed by atoms with van der Waals surface area (Å²) >= 11 is 0. The topological polar surface area (TPSA) is 58.2 Å². The standard InChI is InChI=1S/C12H19N3O2/c1-8-5-10(14-13-8)11(16)15-6-9(2)17-12(3,4)7-15/h5,9H,6-7H2,1-4H3,(H,13,14)/t9-/m1/s1. The van der Waals surface area contributed by atoms with Crippen LogP contribution < -0.4 is 0 Å². The van der Waals surface area contributed by atoms with Gasteiger partial charge in [-0.1, -0.05) is 0 Å². The van der Waals surface area contributed by atoms with Gasteiger partial charge in [0.1, 0.15) is 5.69 Å². The molecule has 1 amide bonds. The smallest absolute Gasteiger partial charge is 0.274 e. The molecule has 0 spiro atoms. The number of carbonyl (C=O) groups excluding carboxylic acids is 1. The number of rotatable bonds is 1. The lowest BCUT2D eigenvalue weighted by Crippen LogP contribution is -2.53. The molecule has 1 aromatic rings. The summed E-state index contributed by atoms with van der Waals surface area (Å²) in [6, 6.07) is 1.77. The molecule has 1 saturated heterocycles. The molecule has 94 valence electrons. The minimum Gasteiger partial charge on any atom is -0.369 e. The van der Waals surface area contributed by atoms with E-state index in [0.717, 1.165) is 5.69 Å². The molecule has 5 nitrogen and oxygen atoms in total. The van der Waals surface area contributed by atoms with Crippen molar-refractivity contribution >= 4 is 5.91 Å². The van der Waals surface area contributed by atoms with Gasteiger partial charge in [-0.3, -0.25) is 9.89 Å². The molecular weight excluding hydrogens is 218 g/mol. The van der Waals surface area contributed by atoms with E-state index in [4.69, 9.17) is 4.74 Å². The van der Waals surface area contributed by atoms with Crippen molar-refractivity contribution in [2.75, 3.05) is 13.1 Å². The van der Waals surface area contributed by atoms with Gasteiger partial charge in [0.05, 0.1) is 11.7 Å². The maximum Gasteiger partial charge on any atom is 0.274 e. The zero-order valence-electron chi connectivity index (χ0n) is 10.8. The van der Waals surface area contributed by atoms with Gasteiger partial charge in [-0.05, 0) is 33.8 Å². The van der Waals surface area contributed by atoms with Crippen LogP contribution in [0, 0.1) is 6.92 Å². The third-order valence-electron chi connectivity index (χ3n) is 2.78. The number of amides is 1. The molecule has 2 rings (SSSR count). The van der Waals surface area contributed by atoms with Gasteiger partial charge in [0, 0.05) is 18.8 Å². The highest BCUT2D eigenvalue weighted by Crippen LogP contribution is 2.21. The van der Waals surface area contributed by atoms with Gasteiger partial charge in [0.25, 0.3) is 5.91 Å². The van der Waals surface area contributed by atoms with Crippen LogP contribution in [0.4, 0.5) is 0 Å². The van der Waals surface area contributed by atoms with E-state index in [1.165, 1.54) is 0 Å². The van der Waals surface area contributed by atoms with Crippen LogP contribution >= 0.6 is 0 Å². The van der Waals surface area contributed by atoms with E-state index in [1.807, 2.05) is 32.6 Å². The number of nitrogens with one attached hydrogen (secondary N) is 1. The van der Waals surface area contributed by atoms with Crippen molar-refractivity contribution < 1.29 is 9.53 Å². The molecule has 1 fully saturated rings. The number of hydrogen-bond donors (Lipinski definition) is 1. The molecular formula is C12H19N3O2. The first kappa shape index (κ1) is 12.1. The average molecular weight is 237 g/mol. The highest BCUT2D eigenvalue weighted by Gasteiger charge is 2.34. The van der Waals surface area contributed by atoms with Gasteiger partial charge >= 0.3 is 0 Å². The SMILES string of the molecule is Cc1cc(C(=O)N2C[C@@H](C)OC(C)(C)C2)n[nH]1. The normalized spacial score (nSPS) is 23.8. The van der Waals surface area contributed by atoms with Crippen LogP contribution in [0.2, 0.25) is 0 Å². The van der Waals surface area contributed by atoms with Crippen LogP contribution in [-0.4, -0.2) is 45.8 Å². The summed E-state index contributed by atoms with van der Waals surface area (Å²) in [5.41, 5.74) is 1.08. The number of aromatic amines is 1. The Kier molecular flexibility index (Phi) is 2.95. The van der Waals surface area contributed by atoms with Crippen molar-refractivity contribution in [1.82, 2.24) is 15.1 Å². The fourth-order valence-electron chi connectivity index (χ4n) is 2.30. The van der Waals surface area contributed by atoms with Crippen molar-refractivity contribution in [2.24, 2.45) is 0 Å². The number of carbonyl (C=O) groups is 1. The van der Waals surface area contributed by atoms with E-state index in [0.29, 0.717) is 18.8 Å². The third-order valence-corrected chi connectivity index (χ3v) is 2.78. The van der Waals surface area contributed by atoms with Crippen molar-refractivity contribution in [1.29, 1.82) is 0 Å². The number of H-pyrrole nitrogens is 1. The summed E-state index contributed by atoms with van der Waals surface area (Å²) in [7, 11) is 0. The first-order valence-electron chi connectivity index (χ1n) is 5.86. The molecule has 17 heavy (non-hydrogen) atoms. The number of aromatic nitrogens is 2. The summed E-state index contributed by atoms with van der Waals surface area (Å²) in [6.45, 7) is 9.08. The molecule has 2 heterocycles. The first-order chi connectivity index (χ1) is 7.87. The van der Waals surface area contributed by atoms with E-state index in [9.17, 15) is 4.79 Å². The zero-order valence-corrected chi connectivity index (χ0v) is 10.8. The monoisotopic (exact) mass is 237 g/mol. The zero-order chi connectivity index (χ0) is 12.6. The second-order valence-corrected chi connectivity index (χ2v) is 5.31. The number of morpholine rings is 1. The van der Waals surface area contributed by atoms with Gasteiger partial charge in [0.2, 0.25) is 0 Å². The molecule has 0 aromatic carbocycles. The fraction of sp³-hybridized carbons (Fsp3) is 0.667. The largest absolute Gasteiger partial charge is 0.369 e. The maximum atomic E-state index is 12.2. The van der Waals surface area contributed by atoms with Crippen LogP contribution in [-0.2, 0) is 4.74 Å². The minimum absolute atomic E-state index is 0.0300. The maximum absolute atomic E-state index is 12.2. The minimum atomic E-state index is -0.293. The van der Waals surface area contributed by atoms with Crippen LogP contribution in [0.5, 0.6) is 0 Å². The predicted molar refractivity (Wildman–Crippen MR) is 63.9 cm³/mol. The Balaban J connectivity index is 2.14. The number of nitrogens with zero attached hydrogens (tertiary/aromatic N) is 2. The van der Waals surface area contributed by atoms with E-state index in [-0.39, 0.29) is 17.6 Å². The Labute approximate surface area is 101 Å². The number of hydrogen-bond acceptors (Lipinski definition) is 3. The Morgan fingerprint density at radius 1 is 1.65 bits per heavy atom. The van der Waals surface area contributed by atoms with Crippen molar-refractivity contribution in [3.8, 4) is 0 Å². The third kappa shape index (κ3) is 2.66. The Morgan fingerprint density at radius 3 is 2.88 bits per heavy atom. The molecule has 0 saturated carbocycles. The predicted octanol–water partition coefficient (Wildman–Crippen LogP) is 1.36. The van der Waals surface area contributed by atoms with Gasteiger partial charge < -0.3 is 9.64 Å². The van der Waals surface area contributed by atoms with Gasteiger partial charge in [-0.15, -0.1) is 0 Å². The Hall–Kier alpha value is -1.36. The van der Waals surface area contributed by atoms with Gasteiger partial charge in [-0.25, -0.2) is 0 Å². The lowest BCUT2D eigenvalue weighted by Gasteiger charge is -2.41. The second kappa shape index (κ2) is 4.14. The van der Waals surface area contributed by atoms with Gasteiger partial charge in [-0.2, -0.15) is 5.10 Å². The molecule has 0 radical (unpaired) electrons. The highest BCUT2D eigenvalue weighted by molar-refractivity contribution is 5.92. The first-order valence-corrected chi connectivity index (χ1v) is 5.86.